The van der Waals surface area contributed by atoms with Crippen LogP contribution in [0.2, 0.25) is 0 Å². The van der Waals surface area contributed by atoms with Crippen LogP contribution in [0.25, 0.3) is 0 Å². The van der Waals surface area contributed by atoms with Crippen LogP contribution in [-0.4, -0.2) is 17.5 Å². The van der Waals surface area contributed by atoms with Gasteiger partial charge in [-0.2, -0.15) is 27.7 Å². The first-order chi connectivity index (χ1) is 7.73. The average Bonchev–Trinajstić information content (AvgIpc) is 2.52. The van der Waals surface area contributed by atoms with E-state index in [1.54, 1.807) is 0 Å². The molecule has 0 aliphatic carbocycles. The summed E-state index contributed by atoms with van der Waals surface area (Å²) in [7, 11) is 0. The molecule has 4 nitrogen and oxygen atoms in total. The number of hydrogen-bond donors (Lipinski definition) is 2. The Morgan fingerprint density at radius 2 is 1.39 bits per heavy atom. The van der Waals surface area contributed by atoms with Crippen LogP contribution >= 0.6 is 0 Å². The van der Waals surface area contributed by atoms with Gasteiger partial charge in [-0.05, 0) is 0 Å². The van der Waals surface area contributed by atoms with Crippen LogP contribution in [0.5, 0.6) is 0 Å². The molecule has 3 amide bonds. The van der Waals surface area contributed by atoms with Gasteiger partial charge < -0.3 is 17.2 Å². The minimum atomic E-state index is -0.839. The van der Waals surface area contributed by atoms with E-state index >= 15 is 0 Å². The number of nitrogens with one attached hydrogen (secondary N) is 2. The molecule has 0 bridgehead atoms. The second kappa shape index (κ2) is 6.47. The van der Waals surface area contributed by atoms with Gasteiger partial charge in [-0.25, -0.2) is 4.79 Å². The van der Waals surface area contributed by atoms with Gasteiger partial charge in [0.1, 0.15) is 0 Å². The fraction of sp³-hybridized carbons (Fsp3) is 0.692. The van der Waals surface area contributed by atoms with Gasteiger partial charge in [0.2, 0.25) is 5.91 Å². The summed E-state index contributed by atoms with van der Waals surface area (Å²) in [5, 5.41) is 5.20. The third-order valence-electron chi connectivity index (χ3n) is 4.02. The summed E-state index contributed by atoms with van der Waals surface area (Å²) in [6.07, 6.45) is 0. The fourth-order valence-electron chi connectivity index (χ4n) is 2.38. The van der Waals surface area contributed by atoms with Gasteiger partial charge in [-0.3, -0.25) is 10.1 Å². The summed E-state index contributed by atoms with van der Waals surface area (Å²) < 4.78 is 0. The second-order valence-corrected chi connectivity index (χ2v) is 5.38. The number of carbonyl (C=O) groups is 2. The molecule has 1 rings (SSSR count). The van der Waals surface area contributed by atoms with Crippen LogP contribution in [0.1, 0.15) is 41.5 Å². The van der Waals surface area contributed by atoms with Crippen molar-refractivity contribution in [3.05, 3.63) is 11.8 Å². The predicted octanol–water partition coefficient (Wildman–Crippen LogP) is 2.06. The molecule has 2 unspecified atom stereocenters. The van der Waals surface area contributed by atoms with Crippen LogP contribution in [0.15, 0.2) is 0 Å². The predicted molar refractivity (Wildman–Crippen MR) is 66.9 cm³/mol. The Morgan fingerprint density at radius 1 is 1.00 bits per heavy atom. The van der Waals surface area contributed by atoms with Crippen molar-refractivity contribution >= 4 is 11.9 Å². The first-order valence-electron chi connectivity index (χ1n) is 5.97. The minimum Gasteiger partial charge on any atom is -0.328 e. The Kier molecular flexibility index (Phi) is 6.48. The molecule has 101 valence electrons. The molecule has 1 radical (unpaired) electrons. The maximum Gasteiger partial charge on any atom is 0.322 e. The Bertz CT molecular complexity index is 315. The van der Waals surface area contributed by atoms with Crippen molar-refractivity contribution < 1.29 is 42.3 Å². The molecule has 1 aliphatic heterocycles. The summed E-state index contributed by atoms with van der Waals surface area (Å²) in [6, 6.07) is -0.392. The van der Waals surface area contributed by atoms with Gasteiger partial charge in [-0.15, -0.1) is 11.8 Å². The Hall–Kier alpha value is 0.0439. The van der Waals surface area contributed by atoms with Gasteiger partial charge in [0, 0.05) is 32.7 Å². The molecule has 5 heteroatoms. The van der Waals surface area contributed by atoms with Crippen molar-refractivity contribution in [3.8, 4) is 0 Å². The molecule has 1 aliphatic rings. The molecule has 1 fully saturated rings. The van der Waals surface area contributed by atoms with Crippen LogP contribution in [-0.2, 0) is 37.5 Å². The number of carbonyl (C=O) groups excluding carboxylic acids is 2. The number of urea groups is 1. The summed E-state index contributed by atoms with van der Waals surface area (Å²) in [5.74, 6) is 2.05. The second-order valence-electron chi connectivity index (χ2n) is 5.38. The van der Waals surface area contributed by atoms with E-state index in [4.69, 9.17) is 0 Å². The summed E-state index contributed by atoms with van der Waals surface area (Å²) in [4.78, 5) is 23.6. The molecule has 18 heavy (non-hydrogen) atoms. The van der Waals surface area contributed by atoms with Gasteiger partial charge >= 0.3 is 6.03 Å². The van der Waals surface area contributed by atoms with Crippen molar-refractivity contribution in [2.75, 3.05) is 0 Å². The van der Waals surface area contributed by atoms with Crippen LogP contribution < -0.4 is 10.6 Å². The molecule has 0 aromatic carbocycles. The standard InChI is InChI=1S/C13H22N2O2.Y/c1-7(2)9(5)13(10(6)8(3)4)11(16)14-12(17)15-13;/h9-10H,1-6H3,(H2,14,15,16,17);/q-2;. The number of rotatable bonds is 4. The van der Waals surface area contributed by atoms with Crippen molar-refractivity contribution in [1.82, 2.24) is 10.6 Å². The van der Waals surface area contributed by atoms with E-state index < -0.39 is 11.6 Å². The van der Waals surface area contributed by atoms with Gasteiger partial charge in [0.05, 0.1) is 5.54 Å². The smallest absolute Gasteiger partial charge is 0.322 e. The van der Waals surface area contributed by atoms with Gasteiger partial charge in [0.15, 0.2) is 0 Å². The number of imide groups is 1. The average molecular weight is 327 g/mol. The zero-order valence-electron chi connectivity index (χ0n) is 12.0. The largest absolute Gasteiger partial charge is 0.328 e. The van der Waals surface area contributed by atoms with E-state index in [1.807, 2.05) is 41.5 Å². The molecule has 0 spiro atoms. The van der Waals surface area contributed by atoms with E-state index in [2.05, 4.69) is 10.6 Å². The topological polar surface area (TPSA) is 58.2 Å². The summed E-state index contributed by atoms with van der Waals surface area (Å²) >= 11 is 0. The van der Waals surface area contributed by atoms with Crippen LogP contribution in [0.3, 0.4) is 0 Å². The molecular weight excluding hydrogens is 305 g/mol. The number of hydrogen-bond acceptors (Lipinski definition) is 2. The van der Waals surface area contributed by atoms with E-state index in [1.165, 1.54) is 0 Å². The van der Waals surface area contributed by atoms with E-state index in [0.29, 0.717) is 0 Å². The Labute approximate surface area is 135 Å². The first kappa shape index (κ1) is 18.0. The van der Waals surface area contributed by atoms with E-state index in [-0.39, 0.29) is 50.5 Å². The van der Waals surface area contributed by atoms with Crippen LogP contribution in [0.4, 0.5) is 4.79 Å². The molecule has 0 saturated carbocycles. The maximum atomic E-state index is 12.2. The molecule has 2 atom stereocenters. The van der Waals surface area contributed by atoms with Crippen molar-refractivity contribution in [2.24, 2.45) is 11.8 Å². The van der Waals surface area contributed by atoms with Gasteiger partial charge in [-0.1, -0.05) is 13.8 Å². The SMILES string of the molecule is C[C-](C)C(C)C1(C(C)[C-](C)C)NC(=O)NC1=O.[Y]. The molecule has 1 saturated heterocycles. The van der Waals surface area contributed by atoms with E-state index in [0.717, 1.165) is 11.8 Å². The minimum absolute atomic E-state index is 0. The molecule has 2 N–H and O–H groups in total. The number of amides is 3. The first-order valence-corrected chi connectivity index (χ1v) is 5.97. The third-order valence-corrected chi connectivity index (χ3v) is 4.02. The van der Waals surface area contributed by atoms with Crippen molar-refractivity contribution in [1.29, 1.82) is 0 Å². The zero-order valence-corrected chi connectivity index (χ0v) is 14.9. The summed E-state index contributed by atoms with van der Waals surface area (Å²) in [5.41, 5.74) is -0.839. The normalized spacial score (nSPS) is 26.7. The zero-order chi connectivity index (χ0) is 13.4. The van der Waals surface area contributed by atoms with Crippen molar-refractivity contribution in [3.63, 3.8) is 0 Å². The van der Waals surface area contributed by atoms with Gasteiger partial charge in [0.25, 0.3) is 0 Å². The van der Waals surface area contributed by atoms with E-state index in [9.17, 15) is 9.59 Å². The van der Waals surface area contributed by atoms with Crippen molar-refractivity contribution in [2.45, 2.75) is 47.1 Å². The molecule has 0 aromatic heterocycles. The quantitative estimate of drug-likeness (QED) is 0.613. The Balaban J connectivity index is 0.00000289. The summed E-state index contributed by atoms with van der Waals surface area (Å²) in [6.45, 7) is 11.9. The third kappa shape index (κ3) is 2.96. The van der Waals surface area contributed by atoms with Crippen LogP contribution in [0, 0.1) is 23.7 Å². The molecule has 0 aromatic rings. The maximum absolute atomic E-state index is 12.2. The fourth-order valence-corrected chi connectivity index (χ4v) is 2.38. The monoisotopic (exact) mass is 327 g/mol. The molecule has 1 heterocycles. The Morgan fingerprint density at radius 3 is 1.61 bits per heavy atom. The molecular formula is C13H22N2O2Y-2.